The predicted octanol–water partition coefficient (Wildman–Crippen LogP) is 2.99. The molecule has 0 aliphatic rings. The summed E-state index contributed by atoms with van der Waals surface area (Å²) in [5.74, 6) is 0.969. The smallest absolute Gasteiger partial charge is 0.151 e. The van der Waals surface area contributed by atoms with Gasteiger partial charge in [-0.3, -0.25) is 0 Å². The highest BCUT2D eigenvalue weighted by Gasteiger charge is 2.12. The number of hydrogen-bond donors (Lipinski definition) is 1. The first-order chi connectivity index (χ1) is 8.83. The molecule has 0 spiro atoms. The number of anilines is 1. The molecule has 0 saturated carbocycles. The summed E-state index contributed by atoms with van der Waals surface area (Å²) in [5.41, 5.74) is 1.09. The molecule has 0 atom stereocenters. The fraction of sp³-hybridized carbons (Fsp3) is 0.733. The maximum absolute atomic E-state index is 4.36. The Morgan fingerprint density at radius 3 is 2.32 bits per heavy atom. The molecule has 1 N–H and O–H groups in total. The van der Waals surface area contributed by atoms with Gasteiger partial charge < -0.3 is 10.2 Å². The molecule has 0 bridgehead atoms. The second kappa shape index (κ2) is 6.85. The quantitative estimate of drug-likeness (QED) is 0.857. The zero-order chi connectivity index (χ0) is 14.5. The Labute approximate surface area is 117 Å². The van der Waals surface area contributed by atoms with E-state index in [4.69, 9.17) is 0 Å². The highest BCUT2D eigenvalue weighted by Crippen LogP contribution is 2.14. The van der Waals surface area contributed by atoms with Gasteiger partial charge >= 0.3 is 0 Å². The van der Waals surface area contributed by atoms with E-state index < -0.39 is 0 Å². The van der Waals surface area contributed by atoms with E-state index in [0.717, 1.165) is 31.0 Å². The van der Waals surface area contributed by atoms with Gasteiger partial charge in [-0.1, -0.05) is 6.92 Å². The lowest BCUT2D eigenvalue weighted by Crippen LogP contribution is -2.35. The molecule has 0 aromatic carbocycles. The van der Waals surface area contributed by atoms with Gasteiger partial charge in [-0.25, -0.2) is 0 Å². The lowest BCUT2D eigenvalue weighted by atomic mass is 10.1. The number of rotatable bonds is 6. The number of hydrogen-bond acceptors (Lipinski definition) is 4. The van der Waals surface area contributed by atoms with Crippen molar-refractivity contribution in [1.82, 2.24) is 15.5 Å². The van der Waals surface area contributed by atoms with Crippen LogP contribution in [0.3, 0.4) is 0 Å². The fourth-order valence-corrected chi connectivity index (χ4v) is 1.83. The van der Waals surface area contributed by atoms with Gasteiger partial charge in [0.25, 0.3) is 0 Å². The van der Waals surface area contributed by atoms with Crippen molar-refractivity contribution in [3.05, 3.63) is 17.8 Å². The summed E-state index contributed by atoms with van der Waals surface area (Å²) >= 11 is 0. The van der Waals surface area contributed by atoms with E-state index in [9.17, 15) is 0 Å². The topological polar surface area (TPSA) is 41.0 Å². The molecule has 0 unspecified atom stereocenters. The van der Waals surface area contributed by atoms with E-state index in [1.54, 1.807) is 0 Å². The van der Waals surface area contributed by atoms with Crippen LogP contribution in [0.15, 0.2) is 12.1 Å². The monoisotopic (exact) mass is 264 g/mol. The first kappa shape index (κ1) is 15.9. The van der Waals surface area contributed by atoms with Crippen LogP contribution in [0, 0.1) is 0 Å². The third kappa shape index (κ3) is 5.55. The van der Waals surface area contributed by atoms with Crippen LogP contribution < -0.4 is 10.2 Å². The summed E-state index contributed by atoms with van der Waals surface area (Å²) in [6.07, 6.45) is 1.12. The van der Waals surface area contributed by atoms with E-state index in [2.05, 4.69) is 74.1 Å². The van der Waals surface area contributed by atoms with Crippen LogP contribution in [0.1, 0.15) is 53.7 Å². The zero-order valence-electron chi connectivity index (χ0n) is 13.2. The molecule has 19 heavy (non-hydrogen) atoms. The third-order valence-corrected chi connectivity index (χ3v) is 2.89. The Morgan fingerprint density at radius 2 is 1.89 bits per heavy atom. The minimum atomic E-state index is 0.104. The molecule has 1 heterocycles. The minimum Gasteiger partial charge on any atom is -0.353 e. The van der Waals surface area contributed by atoms with E-state index >= 15 is 0 Å². The number of nitrogens with zero attached hydrogens (tertiary/aromatic N) is 3. The lowest BCUT2D eigenvalue weighted by Gasteiger charge is -2.27. The molecule has 1 aromatic rings. The van der Waals surface area contributed by atoms with Crippen molar-refractivity contribution < 1.29 is 0 Å². The highest BCUT2D eigenvalue weighted by molar-refractivity contribution is 5.38. The molecule has 4 nitrogen and oxygen atoms in total. The van der Waals surface area contributed by atoms with Crippen molar-refractivity contribution in [2.75, 3.05) is 11.4 Å². The molecule has 0 saturated heterocycles. The highest BCUT2D eigenvalue weighted by atomic mass is 15.3. The first-order valence-electron chi connectivity index (χ1n) is 7.17. The Morgan fingerprint density at radius 1 is 1.21 bits per heavy atom. The second-order valence-electron chi connectivity index (χ2n) is 6.27. The van der Waals surface area contributed by atoms with Crippen LogP contribution in [-0.2, 0) is 6.54 Å². The Bertz CT molecular complexity index is 365. The van der Waals surface area contributed by atoms with Crippen LogP contribution in [-0.4, -0.2) is 28.3 Å². The normalized spacial score (nSPS) is 11.9. The Hall–Kier alpha value is -1.16. The standard InChI is InChI=1S/C15H28N4/c1-7-10-19(12(2)3)14-9-8-13(17-18-14)11-16-15(4,5)6/h8-9,12,16H,7,10-11H2,1-6H3. The first-order valence-corrected chi connectivity index (χ1v) is 7.17. The fourth-order valence-electron chi connectivity index (χ4n) is 1.83. The van der Waals surface area contributed by atoms with Crippen molar-refractivity contribution in [3.63, 3.8) is 0 Å². The molecule has 0 radical (unpaired) electrons. The van der Waals surface area contributed by atoms with Crippen LogP contribution in [0.25, 0.3) is 0 Å². The molecular weight excluding hydrogens is 236 g/mol. The van der Waals surface area contributed by atoms with Crippen molar-refractivity contribution >= 4 is 5.82 Å². The molecular formula is C15H28N4. The van der Waals surface area contributed by atoms with Crippen LogP contribution in [0.4, 0.5) is 5.82 Å². The van der Waals surface area contributed by atoms with Crippen molar-refractivity contribution in [3.8, 4) is 0 Å². The van der Waals surface area contributed by atoms with Gasteiger partial charge in [-0.15, -0.1) is 5.10 Å². The van der Waals surface area contributed by atoms with Gasteiger partial charge in [-0.05, 0) is 53.2 Å². The SMILES string of the molecule is CCCN(c1ccc(CNC(C)(C)C)nn1)C(C)C. The van der Waals surface area contributed by atoms with Gasteiger partial charge in [0.2, 0.25) is 0 Å². The maximum Gasteiger partial charge on any atom is 0.151 e. The Kier molecular flexibility index (Phi) is 5.73. The molecule has 108 valence electrons. The average Bonchev–Trinajstić information content (AvgIpc) is 2.33. The molecule has 0 amide bonds. The van der Waals surface area contributed by atoms with E-state index in [0.29, 0.717) is 6.04 Å². The summed E-state index contributed by atoms with van der Waals surface area (Å²) < 4.78 is 0. The van der Waals surface area contributed by atoms with Gasteiger partial charge in [0, 0.05) is 24.7 Å². The second-order valence-corrected chi connectivity index (χ2v) is 6.27. The largest absolute Gasteiger partial charge is 0.353 e. The van der Waals surface area contributed by atoms with Gasteiger partial charge in [0.05, 0.1) is 5.69 Å². The summed E-state index contributed by atoms with van der Waals surface area (Å²) in [6.45, 7) is 14.8. The summed E-state index contributed by atoms with van der Waals surface area (Å²) in [7, 11) is 0. The molecule has 1 rings (SSSR count). The molecule has 0 fully saturated rings. The zero-order valence-corrected chi connectivity index (χ0v) is 13.2. The van der Waals surface area contributed by atoms with Crippen LogP contribution in [0.2, 0.25) is 0 Å². The molecule has 0 aliphatic heterocycles. The average molecular weight is 264 g/mol. The van der Waals surface area contributed by atoms with E-state index in [-0.39, 0.29) is 5.54 Å². The Balaban J connectivity index is 2.69. The van der Waals surface area contributed by atoms with E-state index in [1.807, 2.05) is 0 Å². The van der Waals surface area contributed by atoms with Gasteiger partial charge in [-0.2, -0.15) is 5.10 Å². The van der Waals surface area contributed by atoms with Gasteiger partial charge in [0.1, 0.15) is 0 Å². The number of nitrogens with one attached hydrogen (secondary N) is 1. The van der Waals surface area contributed by atoms with E-state index in [1.165, 1.54) is 0 Å². The molecule has 1 aromatic heterocycles. The minimum absolute atomic E-state index is 0.104. The van der Waals surface area contributed by atoms with Crippen molar-refractivity contribution in [2.45, 2.75) is 66.1 Å². The van der Waals surface area contributed by atoms with Crippen molar-refractivity contribution in [2.24, 2.45) is 0 Å². The molecule has 4 heteroatoms. The van der Waals surface area contributed by atoms with Crippen LogP contribution in [0.5, 0.6) is 0 Å². The maximum atomic E-state index is 4.36. The summed E-state index contributed by atoms with van der Waals surface area (Å²) in [4.78, 5) is 2.29. The summed E-state index contributed by atoms with van der Waals surface area (Å²) in [6, 6.07) is 4.59. The van der Waals surface area contributed by atoms with Crippen LogP contribution >= 0.6 is 0 Å². The lowest BCUT2D eigenvalue weighted by molar-refractivity contribution is 0.420. The number of aromatic nitrogens is 2. The van der Waals surface area contributed by atoms with Gasteiger partial charge in [0.15, 0.2) is 5.82 Å². The molecule has 0 aliphatic carbocycles. The summed E-state index contributed by atoms with van der Waals surface area (Å²) in [5, 5.41) is 12.1. The van der Waals surface area contributed by atoms with Crippen molar-refractivity contribution in [1.29, 1.82) is 0 Å². The predicted molar refractivity (Wildman–Crippen MR) is 81.4 cm³/mol. The third-order valence-electron chi connectivity index (χ3n) is 2.89.